The van der Waals surface area contributed by atoms with Crippen molar-refractivity contribution in [1.29, 1.82) is 0 Å². The number of hydrogen-bond acceptors (Lipinski definition) is 3. The minimum absolute atomic E-state index is 0.293. The van der Waals surface area contributed by atoms with Gasteiger partial charge in [0.2, 0.25) is 0 Å². The summed E-state index contributed by atoms with van der Waals surface area (Å²) in [6, 6.07) is 5.25. The van der Waals surface area contributed by atoms with Gasteiger partial charge >= 0.3 is 114 Å². The van der Waals surface area contributed by atoms with Gasteiger partial charge in [0, 0.05) is 0 Å². The van der Waals surface area contributed by atoms with Crippen LogP contribution in [0.4, 0.5) is 0 Å². The zero-order valence-corrected chi connectivity index (χ0v) is 15.6. The molecular weight excluding hydrogens is 500 g/mol. The van der Waals surface area contributed by atoms with E-state index in [0.29, 0.717) is 9.13 Å². The van der Waals surface area contributed by atoms with Crippen LogP contribution in [0.1, 0.15) is 17.3 Å². The second kappa shape index (κ2) is 5.79. The molecule has 1 aromatic rings. The molecule has 0 aromatic heterocycles. The van der Waals surface area contributed by atoms with E-state index in [0.717, 1.165) is 3.07 Å². The van der Waals surface area contributed by atoms with Gasteiger partial charge in [-0.2, -0.15) is 0 Å². The summed E-state index contributed by atoms with van der Waals surface area (Å²) in [5.41, 5.74) is 0.293. The Balaban J connectivity index is 3.01. The Kier molecular flexibility index (Phi) is 4.97. The maximum atomic E-state index is 11.0. The van der Waals surface area contributed by atoms with Crippen LogP contribution < -0.4 is 3.07 Å². The first-order valence-corrected chi connectivity index (χ1v) is 10.2. The summed E-state index contributed by atoms with van der Waals surface area (Å²) in [4.78, 5) is 21.6. The van der Waals surface area contributed by atoms with Crippen LogP contribution in [0.3, 0.4) is 0 Å². The molecule has 0 bridgehead atoms. The molecule has 0 saturated heterocycles. The predicted molar refractivity (Wildman–Crippen MR) is 57.5 cm³/mol. The molecule has 1 aromatic carbocycles. The summed E-state index contributed by atoms with van der Waals surface area (Å²) in [7, 11) is 0. The van der Waals surface area contributed by atoms with Crippen LogP contribution in [0.5, 0.6) is 0 Å². The molecule has 0 fully saturated rings. The number of aromatic carboxylic acids is 1. The molecule has 0 radical (unpaired) electrons. The van der Waals surface area contributed by atoms with E-state index in [4.69, 9.17) is 7.75 Å². The van der Waals surface area contributed by atoms with Crippen LogP contribution in [0.15, 0.2) is 18.2 Å². The number of carbonyl (C=O) groups is 2. The van der Waals surface area contributed by atoms with Gasteiger partial charge in [0.05, 0.1) is 0 Å². The monoisotopic (exact) mass is 508 g/mol. The number of benzene rings is 1. The summed E-state index contributed by atoms with van der Waals surface area (Å²) >= 11 is -0.0833. The SMILES string of the molecule is CC(=O)[O][Hg][c]1cccc(I)c1C(=O)O. The number of carboxylic acid groups (broad SMARTS) is 1. The van der Waals surface area contributed by atoms with Crippen molar-refractivity contribution in [2.45, 2.75) is 6.92 Å². The molecule has 0 aliphatic heterocycles. The zero-order valence-electron chi connectivity index (χ0n) is 7.99. The van der Waals surface area contributed by atoms with Crippen LogP contribution in [0.25, 0.3) is 0 Å². The van der Waals surface area contributed by atoms with Crippen molar-refractivity contribution in [2.75, 3.05) is 0 Å². The molecule has 4 nitrogen and oxygen atoms in total. The van der Waals surface area contributed by atoms with Gasteiger partial charge in [-0.15, -0.1) is 0 Å². The van der Waals surface area contributed by atoms with E-state index in [1.807, 2.05) is 22.6 Å². The summed E-state index contributed by atoms with van der Waals surface area (Å²) < 4.78 is 6.40. The van der Waals surface area contributed by atoms with Crippen molar-refractivity contribution < 1.29 is 42.4 Å². The van der Waals surface area contributed by atoms with Gasteiger partial charge in [-0.1, -0.05) is 0 Å². The van der Waals surface area contributed by atoms with E-state index >= 15 is 0 Å². The summed E-state index contributed by atoms with van der Waals surface area (Å²) in [5.74, 6) is -1.28. The quantitative estimate of drug-likeness (QED) is 0.494. The van der Waals surface area contributed by atoms with E-state index < -0.39 is 31.0 Å². The standard InChI is InChI=1S/C7H4IO2.C2H4O2.Hg/c8-6-4-2-1-3-5(6)7(9)10;1-2(3)4;/h1-2,4H,(H,9,10);1H3,(H,3,4);/q;;+1/p-1. The molecule has 1 rings (SSSR count). The van der Waals surface area contributed by atoms with Gasteiger partial charge in [0.1, 0.15) is 0 Å². The molecule has 0 atom stereocenters. The second-order valence-electron chi connectivity index (χ2n) is 2.86. The summed E-state index contributed by atoms with van der Waals surface area (Å²) in [6.45, 7) is 1.34. The number of carbonyl (C=O) groups excluding carboxylic acids is 1. The van der Waals surface area contributed by atoms with Crippen LogP contribution >= 0.6 is 22.6 Å². The average Bonchev–Trinajstić information content (AvgIpc) is 2.13. The summed E-state index contributed by atoms with van der Waals surface area (Å²) in [6.07, 6.45) is 0. The molecule has 0 aliphatic carbocycles. The molecule has 0 spiro atoms. The Morgan fingerprint density at radius 3 is 2.67 bits per heavy atom. The normalized spacial score (nSPS) is 9.20. The fourth-order valence-corrected chi connectivity index (χ4v) is 7.48. The van der Waals surface area contributed by atoms with E-state index in [-0.39, 0.29) is 5.97 Å². The Hall–Kier alpha value is -0.175. The molecule has 0 saturated carbocycles. The van der Waals surface area contributed by atoms with Crippen LogP contribution in [-0.2, 0) is 32.5 Å². The van der Waals surface area contributed by atoms with Crippen LogP contribution in [0.2, 0.25) is 0 Å². The third kappa shape index (κ3) is 3.71. The molecule has 1 N–H and O–H groups in total. The van der Waals surface area contributed by atoms with Crippen molar-refractivity contribution >= 4 is 37.6 Å². The average molecular weight is 507 g/mol. The minimum atomic E-state index is -2.06. The fraction of sp³-hybridized carbons (Fsp3) is 0.111. The van der Waals surface area contributed by atoms with Crippen molar-refractivity contribution in [3.8, 4) is 0 Å². The third-order valence-corrected chi connectivity index (χ3v) is 8.28. The molecule has 15 heavy (non-hydrogen) atoms. The first kappa shape index (κ1) is 12.9. The first-order chi connectivity index (χ1) is 7.02. The Bertz CT molecular complexity index is 405. The van der Waals surface area contributed by atoms with Crippen molar-refractivity contribution in [1.82, 2.24) is 0 Å². The molecule has 76 valence electrons. The predicted octanol–water partition coefficient (Wildman–Crippen LogP) is 1.18. The topological polar surface area (TPSA) is 63.6 Å². The van der Waals surface area contributed by atoms with Crippen molar-refractivity contribution in [3.63, 3.8) is 0 Å². The molecular formula is C9H7HgIO4. The third-order valence-electron chi connectivity index (χ3n) is 1.74. The van der Waals surface area contributed by atoms with E-state index in [2.05, 4.69) is 0 Å². The van der Waals surface area contributed by atoms with Gasteiger partial charge in [-0.25, -0.2) is 0 Å². The Morgan fingerprint density at radius 2 is 2.13 bits per heavy atom. The molecule has 0 unspecified atom stereocenters. The van der Waals surface area contributed by atoms with Crippen LogP contribution in [-0.4, -0.2) is 17.0 Å². The van der Waals surface area contributed by atoms with Gasteiger partial charge in [0.25, 0.3) is 0 Å². The van der Waals surface area contributed by atoms with Crippen molar-refractivity contribution in [2.24, 2.45) is 0 Å². The van der Waals surface area contributed by atoms with Crippen LogP contribution in [0, 0.1) is 3.57 Å². The molecule has 0 amide bonds. The van der Waals surface area contributed by atoms with Crippen molar-refractivity contribution in [3.05, 3.63) is 27.3 Å². The maximum absolute atomic E-state index is 11.0. The summed E-state index contributed by atoms with van der Waals surface area (Å²) in [5, 5.41) is 9.00. The number of hydrogen-bond donors (Lipinski definition) is 1. The Morgan fingerprint density at radius 1 is 1.47 bits per heavy atom. The van der Waals surface area contributed by atoms with E-state index in [1.165, 1.54) is 6.92 Å². The molecule has 0 heterocycles. The molecule has 6 heteroatoms. The van der Waals surface area contributed by atoms with E-state index in [9.17, 15) is 9.59 Å². The number of rotatable bonds is 3. The first-order valence-electron chi connectivity index (χ1n) is 4.16. The van der Waals surface area contributed by atoms with Gasteiger partial charge < -0.3 is 0 Å². The molecule has 0 aliphatic rings. The van der Waals surface area contributed by atoms with Gasteiger partial charge in [-0.3, -0.25) is 0 Å². The van der Waals surface area contributed by atoms with Gasteiger partial charge in [-0.05, 0) is 0 Å². The fourth-order valence-electron chi connectivity index (χ4n) is 1.11. The van der Waals surface area contributed by atoms with Gasteiger partial charge in [0.15, 0.2) is 0 Å². The zero-order chi connectivity index (χ0) is 11.4. The number of carboxylic acids is 1. The number of halogens is 1. The van der Waals surface area contributed by atoms with E-state index in [1.54, 1.807) is 18.2 Å². The Labute approximate surface area is 113 Å². The second-order valence-corrected chi connectivity index (χ2v) is 9.23.